The van der Waals surface area contributed by atoms with E-state index in [1.54, 1.807) is 110 Å². The number of nitro benzene ring substituents is 5. The van der Waals surface area contributed by atoms with E-state index in [2.05, 4.69) is 248 Å². The number of aliphatic hydroxyl groups excluding tert-OH is 1. The normalized spacial score (nSPS) is 14.3. The van der Waals surface area contributed by atoms with Crippen LogP contribution in [-0.2, 0) is 36.8 Å². The maximum Gasteiger partial charge on any atom is 0.389 e. The van der Waals surface area contributed by atoms with E-state index in [0.29, 0.717) is 47.7 Å². The number of alkyl halides is 3. The van der Waals surface area contributed by atoms with Gasteiger partial charge in [-0.1, -0.05) is 370 Å². The average Bonchev–Trinajstić information content (AvgIpc) is 0.814. The van der Waals surface area contributed by atoms with Gasteiger partial charge < -0.3 is 14.3 Å². The van der Waals surface area contributed by atoms with Crippen molar-refractivity contribution in [2.45, 2.75) is 415 Å². The molecule has 796 valence electrons. The first-order chi connectivity index (χ1) is 64.5. The standard InChI is InChI=1S/C14H24.C10H12N2O4.3C10H13NO2.C10H14.C9H12.C8H12O.C7H16.C6H14.C5H9F3.C5H12.C4H10O.C4H10.C3H8O.C3H8/c1-10(2)6-14-7-11-3-12(8-14)5-13(4-11)9-14;1-7(2)5-8-3-4-9(11(13)14)6-10(8)12(15)16;1-8(2)7-9-3-5-10(6-4-9)11(12)13;1-8(2)6-9-4-3-5-10(7-9)11(12)13;1-8(2)7-9-5-3-4-6-10(9)11(12)13;1-9(2)8-10-6-4-3-5-7-10;1-8(2)9-6-4-3-5-7-9;1-6(2)8-5-4-7(3)9-8;1-4-5-6-7(2)3;1-4-5-6(2)3;1-4(2)3-5(6,7)8;1-4-5(2)3;1-4(2)5-3;1-4(2)3;1-3(2)4;1-3-2/h10-13H,3-9H2,1-2H3;3-4,6-7H,5H2,1-2H3;3-6,8H,7H2,1-2H3;3-5,7-8H,6H2,1-2H3;3-6,8H,7H2,1-2H3;3-7,9H,8H2,1-2H3;3-8H,1-2H3;4-6H,1-3H3;7H,4-6H2,1-3H3;6H,4-5H2,1-3H3;4H,3H2,1-2H3;5H,4H2,1-3H3;4H,1-3H3;4H,1-3H3;3-4H,1-2H3;3H2,1-2H3. The van der Waals surface area contributed by atoms with Crippen LogP contribution >= 0.6 is 0 Å². The van der Waals surface area contributed by atoms with Crippen molar-refractivity contribution in [2.24, 2.45) is 88.3 Å². The summed E-state index contributed by atoms with van der Waals surface area (Å²) in [6.07, 6.45) is 20.4. The molecule has 4 aliphatic carbocycles. The van der Waals surface area contributed by atoms with Crippen LogP contribution in [0.4, 0.5) is 41.6 Å². The quantitative estimate of drug-likeness (QED) is 0.0371. The minimum Gasteiger partial charge on any atom is -0.466 e. The predicted molar refractivity (Wildman–Crippen MR) is 587 cm³/mol. The van der Waals surface area contributed by atoms with E-state index in [9.17, 15) is 63.7 Å². The van der Waals surface area contributed by atoms with Crippen LogP contribution in [0.1, 0.15) is 402 Å². The molecule has 21 heteroatoms. The van der Waals surface area contributed by atoms with Crippen molar-refractivity contribution >= 4 is 28.4 Å². The predicted octanol–water partition coefficient (Wildman–Crippen LogP) is 38.2. The van der Waals surface area contributed by atoms with Crippen LogP contribution in [0.25, 0.3) is 0 Å². The minimum atomic E-state index is -3.98. The van der Waals surface area contributed by atoms with Gasteiger partial charge in [0.05, 0.1) is 36.8 Å². The summed E-state index contributed by atoms with van der Waals surface area (Å²) in [6.45, 7) is 77.8. The molecule has 0 amide bonds. The average molecular weight is 1950 g/mol. The number of methoxy groups -OCH3 is 1. The number of ether oxygens (including phenoxy) is 1. The summed E-state index contributed by atoms with van der Waals surface area (Å²) in [5.41, 5.74) is 7.36. The molecular weight excluding hydrogens is 1750 g/mol. The molecule has 0 unspecified atom stereocenters. The summed E-state index contributed by atoms with van der Waals surface area (Å²) in [5, 5.41) is 60.7. The molecule has 6 aromatic carbocycles. The van der Waals surface area contributed by atoms with E-state index in [1.807, 2.05) is 83.1 Å². The minimum absolute atomic E-state index is 0.160. The Hall–Kier alpha value is -8.69. The Bertz CT molecular complexity index is 4070. The third-order valence-electron chi connectivity index (χ3n) is 20.7. The Morgan fingerprint density at radius 3 is 1.04 bits per heavy atom. The van der Waals surface area contributed by atoms with Crippen LogP contribution in [-0.4, -0.2) is 55.2 Å². The number of hydrogen-bond acceptors (Lipinski definition) is 13. The van der Waals surface area contributed by atoms with E-state index in [1.165, 1.54) is 87.1 Å². The first-order valence-electron chi connectivity index (χ1n) is 52.1. The SMILES string of the molecule is CC(C)C.CC(C)CC(F)(F)F.CC(C)CC12CC3CC(CC(C3)C1)C2.CC(C)Cc1ccc([N+](=O)[O-])cc1.CC(C)Cc1ccc([N+](=O)[O-])cc1[N+](=O)[O-].CC(C)Cc1cccc([N+](=O)[O-])c1.CC(C)Cc1ccccc1.CC(C)Cc1ccccc1[N+](=O)[O-].CC(C)O.CC(C)c1ccccc1.CCC.CCC(C)C.CCCC(C)C.CCCCC(C)C.COC(C)C.Cc1ccc(C(C)C)o1. The first-order valence-corrected chi connectivity index (χ1v) is 52.1. The molecule has 0 spiro atoms. The molecule has 139 heavy (non-hydrogen) atoms. The van der Waals surface area contributed by atoms with Crippen molar-refractivity contribution in [1.29, 1.82) is 0 Å². The Morgan fingerprint density at radius 1 is 0.396 bits per heavy atom. The second-order valence-corrected chi connectivity index (χ2v) is 43.3. The zero-order chi connectivity index (χ0) is 108. The first kappa shape index (κ1) is 141. The number of rotatable bonds is 27. The third-order valence-corrected chi connectivity index (χ3v) is 20.7. The van der Waals surface area contributed by atoms with Crippen LogP contribution in [0.5, 0.6) is 0 Å². The zero-order valence-corrected chi connectivity index (χ0v) is 94.3. The maximum atomic E-state index is 11.3. The molecule has 0 radical (unpaired) electrons. The number of para-hydroxylation sites is 1. The topological polar surface area (TPSA) is 258 Å². The molecule has 7 aromatic rings. The zero-order valence-electron chi connectivity index (χ0n) is 94.3. The van der Waals surface area contributed by atoms with Crippen molar-refractivity contribution in [3.8, 4) is 0 Å². The van der Waals surface area contributed by atoms with Gasteiger partial charge in [-0.25, -0.2) is 0 Å². The number of halogens is 3. The van der Waals surface area contributed by atoms with Gasteiger partial charge in [-0.3, -0.25) is 50.6 Å². The number of nitrogens with zero attached hydrogens (tertiary/aromatic N) is 5. The molecule has 0 atom stereocenters. The van der Waals surface area contributed by atoms with Gasteiger partial charge in [0.25, 0.3) is 28.4 Å². The fourth-order valence-electron chi connectivity index (χ4n) is 15.0. The van der Waals surface area contributed by atoms with Gasteiger partial charge in [-0.15, -0.1) is 0 Å². The van der Waals surface area contributed by atoms with Gasteiger partial charge >= 0.3 is 6.18 Å². The molecule has 4 aliphatic rings. The Labute approximate surface area is 845 Å². The van der Waals surface area contributed by atoms with E-state index in [4.69, 9.17) is 14.3 Å². The number of furan rings is 1. The lowest BCUT2D eigenvalue weighted by molar-refractivity contribution is -0.394. The summed E-state index contributed by atoms with van der Waals surface area (Å²) in [7, 11) is 1.70. The molecule has 1 N–H and O–H groups in total. The van der Waals surface area contributed by atoms with Crippen molar-refractivity contribution < 1.29 is 52.0 Å². The van der Waals surface area contributed by atoms with E-state index in [-0.39, 0.29) is 61.1 Å². The van der Waals surface area contributed by atoms with Crippen molar-refractivity contribution in [2.75, 3.05) is 7.11 Å². The number of hydrogen-bond donors (Lipinski definition) is 1. The summed E-state index contributed by atoms with van der Waals surface area (Å²) in [4.78, 5) is 50.4. The fraction of sp³-hybridized carbons (Fsp3) is 0.661. The molecule has 18 nitrogen and oxygen atoms in total. The lowest BCUT2D eigenvalue weighted by atomic mass is 9.48. The molecule has 1 heterocycles. The number of aryl methyl sites for hydroxylation is 1. The number of benzene rings is 6. The van der Waals surface area contributed by atoms with Crippen LogP contribution in [0.15, 0.2) is 168 Å². The van der Waals surface area contributed by atoms with Gasteiger partial charge in [0, 0.05) is 73.1 Å². The number of non-ortho nitro benzene ring substituents is 3. The Morgan fingerprint density at radius 2 is 0.755 bits per heavy atom. The number of aliphatic hydroxyl groups is 1. The van der Waals surface area contributed by atoms with Gasteiger partial charge in [-0.2, -0.15) is 13.2 Å². The summed E-state index contributed by atoms with van der Waals surface area (Å²) < 4.78 is 44.0. The number of unbranched alkanes of at least 4 members (excludes halogenated alkanes) is 1. The second-order valence-electron chi connectivity index (χ2n) is 43.3. The maximum absolute atomic E-state index is 11.3. The molecule has 1 aromatic heterocycles. The smallest absolute Gasteiger partial charge is 0.389 e. The lowest BCUT2D eigenvalue weighted by Gasteiger charge is -2.57. The van der Waals surface area contributed by atoms with Gasteiger partial charge in [-0.05, 0) is 246 Å². The van der Waals surface area contributed by atoms with Crippen LogP contribution in [0.3, 0.4) is 0 Å². The summed E-state index contributed by atoms with van der Waals surface area (Å²) in [6, 6.07) is 49.4. The van der Waals surface area contributed by atoms with Gasteiger partial charge in [0.2, 0.25) is 0 Å². The van der Waals surface area contributed by atoms with E-state index < -0.39 is 22.4 Å². The Balaban J connectivity index is -0.000000345. The van der Waals surface area contributed by atoms with Crippen molar-refractivity contribution in [1.82, 2.24) is 0 Å². The molecule has 11 rings (SSSR count). The molecule has 0 saturated heterocycles. The van der Waals surface area contributed by atoms with Crippen molar-refractivity contribution in [3.05, 3.63) is 259 Å². The van der Waals surface area contributed by atoms with E-state index in [0.717, 1.165) is 112 Å². The van der Waals surface area contributed by atoms with Crippen LogP contribution in [0.2, 0.25) is 0 Å². The molecular formula is C118H200F3N5O13. The molecule has 4 bridgehead atoms. The largest absolute Gasteiger partial charge is 0.466 e. The molecule has 0 aliphatic heterocycles. The van der Waals surface area contributed by atoms with Gasteiger partial charge in [0.1, 0.15) is 11.5 Å². The fourth-order valence-corrected chi connectivity index (χ4v) is 15.0. The summed E-state index contributed by atoms with van der Waals surface area (Å²) in [5.74, 6) is 13.4. The highest BCUT2D eigenvalue weighted by Crippen LogP contribution is 2.62. The lowest BCUT2D eigenvalue weighted by Crippen LogP contribution is -2.46. The van der Waals surface area contributed by atoms with E-state index >= 15 is 0 Å². The monoisotopic (exact) mass is 1950 g/mol. The second kappa shape index (κ2) is 82.8. The third kappa shape index (κ3) is 85.8. The highest BCUT2D eigenvalue weighted by molar-refractivity contribution is 5.49. The summed E-state index contributed by atoms with van der Waals surface area (Å²) >= 11 is 0. The number of nitro groups is 5. The Kier molecular flexibility index (Phi) is 84.0. The molecule has 4 saturated carbocycles. The van der Waals surface area contributed by atoms with Crippen molar-refractivity contribution in [3.63, 3.8) is 0 Å². The molecule has 4 fully saturated rings. The van der Waals surface area contributed by atoms with Gasteiger partial charge in [0.15, 0.2) is 0 Å². The van der Waals surface area contributed by atoms with Crippen LogP contribution < -0.4 is 0 Å². The van der Waals surface area contributed by atoms with Crippen LogP contribution in [0, 0.1) is 146 Å². The highest BCUT2D eigenvalue weighted by atomic mass is 19.4. The highest BCUT2D eigenvalue weighted by Gasteiger charge is 2.50.